The zero-order valence-electron chi connectivity index (χ0n) is 13.0. The predicted molar refractivity (Wildman–Crippen MR) is 82.6 cm³/mol. The highest BCUT2D eigenvalue weighted by atomic mass is 16.6. The zero-order valence-corrected chi connectivity index (χ0v) is 13.0. The van der Waals surface area contributed by atoms with Crippen LogP contribution in [-0.2, 0) is 28.7 Å². The van der Waals surface area contributed by atoms with Gasteiger partial charge in [-0.2, -0.15) is 5.10 Å². The number of aryl methyl sites for hydroxylation is 1. The molecular formula is C17H19N3O3. The molecule has 2 aliphatic heterocycles. The fourth-order valence-corrected chi connectivity index (χ4v) is 3.34. The lowest BCUT2D eigenvalue weighted by Gasteiger charge is -2.27. The van der Waals surface area contributed by atoms with Crippen molar-refractivity contribution in [3.05, 3.63) is 53.9 Å². The van der Waals surface area contributed by atoms with E-state index in [2.05, 4.69) is 5.10 Å². The van der Waals surface area contributed by atoms with Crippen LogP contribution in [0, 0.1) is 0 Å². The summed E-state index contributed by atoms with van der Waals surface area (Å²) in [5.74, 6) is 0. The lowest BCUT2D eigenvalue weighted by Crippen LogP contribution is -2.42. The maximum atomic E-state index is 12.2. The predicted octanol–water partition coefficient (Wildman–Crippen LogP) is 2.06. The number of aromatic nitrogens is 2. The number of carbonyl (C=O) groups excluding carboxylic acids is 1. The highest BCUT2D eigenvalue weighted by molar-refractivity contribution is 5.68. The summed E-state index contributed by atoms with van der Waals surface area (Å²) in [4.78, 5) is 14.0. The molecule has 0 radical (unpaired) electrons. The standard InChI is InChI=1S/C17H19N3O3/c1-19-14(7-9-18-19)17-8-10-20(11-15(17)23-17)16(21)22-12-13-5-3-2-4-6-13/h2-7,9,15H,8,10-12H2,1H3/t15-,17-/m0/s1. The van der Waals surface area contributed by atoms with E-state index in [1.165, 1.54) is 0 Å². The largest absolute Gasteiger partial charge is 0.445 e. The summed E-state index contributed by atoms with van der Waals surface area (Å²) in [6.45, 7) is 1.50. The molecule has 0 aliphatic carbocycles. The number of benzene rings is 1. The van der Waals surface area contributed by atoms with Crippen LogP contribution in [0.1, 0.15) is 17.7 Å². The van der Waals surface area contributed by atoms with Gasteiger partial charge in [0.2, 0.25) is 0 Å². The Morgan fingerprint density at radius 1 is 1.39 bits per heavy atom. The molecule has 1 aromatic heterocycles. The van der Waals surface area contributed by atoms with Crippen molar-refractivity contribution in [2.75, 3.05) is 13.1 Å². The minimum absolute atomic E-state index is 0.0379. The smallest absolute Gasteiger partial charge is 0.410 e. The molecule has 0 N–H and O–H groups in total. The van der Waals surface area contributed by atoms with Crippen molar-refractivity contribution in [2.24, 2.45) is 7.05 Å². The normalized spacial score (nSPS) is 25.8. The summed E-state index contributed by atoms with van der Waals surface area (Å²) in [6, 6.07) is 11.7. The first-order valence-corrected chi connectivity index (χ1v) is 7.81. The summed E-state index contributed by atoms with van der Waals surface area (Å²) in [5, 5.41) is 4.21. The van der Waals surface area contributed by atoms with E-state index in [0.29, 0.717) is 19.7 Å². The maximum Gasteiger partial charge on any atom is 0.410 e. The SMILES string of the molecule is Cn1nccc1[C@@]12CCN(C(=O)OCc3ccccc3)C[C@@H]1O2. The molecule has 2 aliphatic rings. The summed E-state index contributed by atoms with van der Waals surface area (Å²) in [7, 11) is 1.92. The van der Waals surface area contributed by atoms with E-state index in [1.54, 1.807) is 11.1 Å². The van der Waals surface area contributed by atoms with Gasteiger partial charge < -0.3 is 14.4 Å². The van der Waals surface area contributed by atoms with Crippen LogP contribution in [-0.4, -0.2) is 40.0 Å². The van der Waals surface area contributed by atoms with Gasteiger partial charge in [-0.3, -0.25) is 4.68 Å². The Hall–Kier alpha value is -2.34. The van der Waals surface area contributed by atoms with Crippen LogP contribution in [0.3, 0.4) is 0 Å². The van der Waals surface area contributed by atoms with Gasteiger partial charge in [0.25, 0.3) is 0 Å². The number of fused-ring (bicyclic) bond motifs is 1. The Morgan fingerprint density at radius 2 is 2.22 bits per heavy atom. The minimum Gasteiger partial charge on any atom is -0.445 e. The monoisotopic (exact) mass is 313 g/mol. The second-order valence-corrected chi connectivity index (χ2v) is 6.07. The zero-order chi connectivity index (χ0) is 15.9. The fraction of sp³-hybridized carbons (Fsp3) is 0.412. The van der Waals surface area contributed by atoms with E-state index in [0.717, 1.165) is 17.7 Å². The molecule has 2 aromatic rings. The number of likely N-dealkylation sites (tertiary alicyclic amines) is 1. The van der Waals surface area contributed by atoms with Crippen LogP contribution in [0.4, 0.5) is 4.79 Å². The molecule has 4 rings (SSSR count). The molecule has 1 aromatic carbocycles. The number of ether oxygens (including phenoxy) is 2. The van der Waals surface area contributed by atoms with Crippen LogP contribution in [0.2, 0.25) is 0 Å². The third-order valence-corrected chi connectivity index (χ3v) is 4.67. The number of amides is 1. The molecule has 23 heavy (non-hydrogen) atoms. The second-order valence-electron chi connectivity index (χ2n) is 6.07. The molecule has 3 heterocycles. The van der Waals surface area contributed by atoms with Gasteiger partial charge in [0.1, 0.15) is 18.3 Å². The van der Waals surface area contributed by atoms with Gasteiger partial charge in [0.05, 0.1) is 12.2 Å². The van der Waals surface area contributed by atoms with Crippen molar-refractivity contribution < 1.29 is 14.3 Å². The van der Waals surface area contributed by atoms with Crippen LogP contribution >= 0.6 is 0 Å². The van der Waals surface area contributed by atoms with Crippen molar-refractivity contribution in [2.45, 2.75) is 24.7 Å². The Kier molecular flexibility index (Phi) is 3.34. The molecule has 6 nitrogen and oxygen atoms in total. The topological polar surface area (TPSA) is 59.9 Å². The average molecular weight is 313 g/mol. The Balaban J connectivity index is 1.35. The molecule has 0 saturated carbocycles. The van der Waals surface area contributed by atoms with Gasteiger partial charge in [-0.15, -0.1) is 0 Å². The first-order valence-electron chi connectivity index (χ1n) is 7.81. The number of piperidine rings is 1. The van der Waals surface area contributed by atoms with Crippen molar-refractivity contribution in [3.8, 4) is 0 Å². The number of nitrogens with zero attached hydrogens (tertiary/aromatic N) is 3. The van der Waals surface area contributed by atoms with Crippen molar-refractivity contribution in [3.63, 3.8) is 0 Å². The molecular weight excluding hydrogens is 294 g/mol. The third kappa shape index (κ3) is 2.49. The Bertz CT molecular complexity index is 715. The number of hydrogen-bond donors (Lipinski definition) is 0. The van der Waals surface area contributed by atoms with Crippen molar-refractivity contribution in [1.82, 2.24) is 14.7 Å². The van der Waals surface area contributed by atoms with E-state index in [9.17, 15) is 4.79 Å². The van der Waals surface area contributed by atoms with Gasteiger partial charge in [-0.1, -0.05) is 30.3 Å². The molecule has 0 bridgehead atoms. The van der Waals surface area contributed by atoms with Crippen molar-refractivity contribution in [1.29, 1.82) is 0 Å². The second kappa shape index (κ2) is 5.38. The molecule has 0 spiro atoms. The van der Waals surface area contributed by atoms with Gasteiger partial charge in [-0.25, -0.2) is 4.79 Å². The first-order chi connectivity index (χ1) is 11.2. The third-order valence-electron chi connectivity index (χ3n) is 4.67. The van der Waals surface area contributed by atoms with E-state index in [-0.39, 0.29) is 17.8 Å². The van der Waals surface area contributed by atoms with Gasteiger partial charge in [0.15, 0.2) is 0 Å². The van der Waals surface area contributed by atoms with Crippen LogP contribution < -0.4 is 0 Å². The molecule has 120 valence electrons. The first kappa shape index (κ1) is 14.3. The Labute approximate surface area is 134 Å². The lowest BCUT2D eigenvalue weighted by atomic mass is 9.93. The van der Waals surface area contributed by atoms with Gasteiger partial charge in [0, 0.05) is 26.2 Å². The quantitative estimate of drug-likeness (QED) is 0.814. The minimum atomic E-state index is -0.275. The molecule has 0 unspecified atom stereocenters. The number of epoxide rings is 1. The highest BCUT2D eigenvalue weighted by Crippen LogP contribution is 2.51. The molecule has 6 heteroatoms. The molecule has 2 saturated heterocycles. The molecule has 2 atom stereocenters. The van der Waals surface area contributed by atoms with E-state index >= 15 is 0 Å². The summed E-state index contributed by atoms with van der Waals surface area (Å²) >= 11 is 0. The maximum absolute atomic E-state index is 12.2. The van der Waals surface area contributed by atoms with Crippen LogP contribution in [0.15, 0.2) is 42.6 Å². The lowest BCUT2D eigenvalue weighted by molar-refractivity contribution is 0.0893. The van der Waals surface area contributed by atoms with Crippen LogP contribution in [0.5, 0.6) is 0 Å². The summed E-state index contributed by atoms with van der Waals surface area (Å²) in [5.41, 5.74) is 1.81. The van der Waals surface area contributed by atoms with Gasteiger partial charge in [-0.05, 0) is 11.6 Å². The fourth-order valence-electron chi connectivity index (χ4n) is 3.34. The summed E-state index contributed by atoms with van der Waals surface area (Å²) in [6.07, 6.45) is 2.32. The van der Waals surface area contributed by atoms with E-state index in [1.807, 2.05) is 48.1 Å². The molecule has 2 fully saturated rings. The average Bonchev–Trinajstić information content (AvgIpc) is 3.16. The summed E-state index contributed by atoms with van der Waals surface area (Å²) < 4.78 is 13.2. The number of rotatable bonds is 3. The highest BCUT2D eigenvalue weighted by Gasteiger charge is 2.62. The number of hydrogen-bond acceptors (Lipinski definition) is 4. The van der Waals surface area contributed by atoms with Gasteiger partial charge >= 0.3 is 6.09 Å². The number of carbonyl (C=O) groups is 1. The van der Waals surface area contributed by atoms with E-state index < -0.39 is 0 Å². The molecule has 1 amide bonds. The Morgan fingerprint density at radius 3 is 2.91 bits per heavy atom. The van der Waals surface area contributed by atoms with E-state index in [4.69, 9.17) is 9.47 Å². The van der Waals surface area contributed by atoms with Crippen molar-refractivity contribution >= 4 is 6.09 Å². The van der Waals surface area contributed by atoms with Crippen LogP contribution in [0.25, 0.3) is 0 Å².